The summed E-state index contributed by atoms with van der Waals surface area (Å²) in [5.74, 6) is 0.958. The summed E-state index contributed by atoms with van der Waals surface area (Å²) in [6.07, 6.45) is 2.82. The number of rotatable bonds is 5. The van der Waals surface area contributed by atoms with Gasteiger partial charge in [-0.3, -0.25) is 0 Å². The molecule has 0 fully saturated rings. The Labute approximate surface area is 129 Å². The van der Waals surface area contributed by atoms with Crippen LogP contribution in [0, 0.1) is 3.57 Å². The first kappa shape index (κ1) is 14.1. The van der Waals surface area contributed by atoms with Gasteiger partial charge in [-0.05, 0) is 71.5 Å². The second-order valence-corrected chi connectivity index (χ2v) is 6.15. The van der Waals surface area contributed by atoms with Crippen LogP contribution in [0.2, 0.25) is 0 Å². The molecule has 1 N–H and O–H groups in total. The van der Waals surface area contributed by atoms with Crippen LogP contribution in [-0.4, -0.2) is 6.54 Å². The van der Waals surface area contributed by atoms with E-state index in [2.05, 4.69) is 69.0 Å². The lowest BCUT2D eigenvalue weighted by Crippen LogP contribution is -2.23. The van der Waals surface area contributed by atoms with Crippen molar-refractivity contribution in [2.45, 2.75) is 19.4 Å². The van der Waals surface area contributed by atoms with Gasteiger partial charge < -0.3 is 9.73 Å². The van der Waals surface area contributed by atoms with Gasteiger partial charge in [0, 0.05) is 8.04 Å². The fraction of sp³-hybridized carbons (Fsp3) is 0.286. The van der Waals surface area contributed by atoms with Crippen molar-refractivity contribution in [3.63, 3.8) is 0 Å². The zero-order chi connectivity index (χ0) is 13.0. The Morgan fingerprint density at radius 1 is 1.39 bits per heavy atom. The molecule has 0 aliphatic heterocycles. The Hall–Kier alpha value is -0.330. The number of benzene rings is 1. The summed E-state index contributed by atoms with van der Waals surface area (Å²) in [7, 11) is 0. The molecule has 1 aromatic heterocycles. The van der Waals surface area contributed by atoms with Gasteiger partial charge >= 0.3 is 0 Å². The highest BCUT2D eigenvalue weighted by Gasteiger charge is 2.18. The van der Waals surface area contributed by atoms with E-state index in [1.165, 1.54) is 9.13 Å². The number of furan rings is 1. The first-order valence-electron chi connectivity index (χ1n) is 5.94. The van der Waals surface area contributed by atoms with E-state index < -0.39 is 0 Å². The number of halogens is 2. The highest BCUT2D eigenvalue weighted by atomic mass is 127. The minimum atomic E-state index is 0.115. The Kier molecular flexibility index (Phi) is 5.26. The third-order valence-corrected chi connectivity index (χ3v) is 4.17. The van der Waals surface area contributed by atoms with E-state index in [9.17, 15) is 0 Å². The van der Waals surface area contributed by atoms with Crippen LogP contribution in [0.4, 0.5) is 0 Å². The minimum Gasteiger partial charge on any atom is -0.467 e. The molecule has 2 aromatic rings. The maximum atomic E-state index is 5.56. The van der Waals surface area contributed by atoms with Gasteiger partial charge in [-0.1, -0.05) is 22.9 Å². The molecule has 1 aromatic carbocycles. The Balaban J connectivity index is 2.36. The van der Waals surface area contributed by atoms with Crippen LogP contribution >= 0.6 is 38.5 Å². The van der Waals surface area contributed by atoms with Gasteiger partial charge in [0.2, 0.25) is 0 Å². The van der Waals surface area contributed by atoms with Crippen LogP contribution in [-0.2, 0) is 0 Å². The van der Waals surface area contributed by atoms with Gasteiger partial charge in [0.1, 0.15) is 5.76 Å². The molecule has 0 aliphatic rings. The number of nitrogens with one attached hydrogen (secondary N) is 1. The maximum Gasteiger partial charge on any atom is 0.125 e. The highest BCUT2D eigenvalue weighted by Crippen LogP contribution is 2.29. The van der Waals surface area contributed by atoms with Gasteiger partial charge in [0.15, 0.2) is 0 Å². The molecule has 0 saturated carbocycles. The van der Waals surface area contributed by atoms with Crippen molar-refractivity contribution in [1.29, 1.82) is 0 Å². The molecule has 18 heavy (non-hydrogen) atoms. The van der Waals surface area contributed by atoms with Gasteiger partial charge in [-0.2, -0.15) is 0 Å². The molecule has 1 heterocycles. The second-order valence-electron chi connectivity index (χ2n) is 4.07. The maximum absolute atomic E-state index is 5.56. The van der Waals surface area contributed by atoms with E-state index in [4.69, 9.17) is 4.42 Å². The SMILES string of the molecule is CCCNC(c1ccco1)c1cc(Br)ccc1I. The Bertz CT molecular complexity index is 499. The van der Waals surface area contributed by atoms with Crippen molar-refractivity contribution in [3.05, 3.63) is 56.0 Å². The van der Waals surface area contributed by atoms with E-state index in [0.29, 0.717) is 0 Å². The minimum absolute atomic E-state index is 0.115. The number of hydrogen-bond acceptors (Lipinski definition) is 2. The highest BCUT2D eigenvalue weighted by molar-refractivity contribution is 14.1. The predicted octanol–water partition coefficient (Wildman–Crippen LogP) is 4.74. The van der Waals surface area contributed by atoms with Crippen molar-refractivity contribution in [2.24, 2.45) is 0 Å². The summed E-state index contributed by atoms with van der Waals surface area (Å²) in [6, 6.07) is 10.4. The van der Waals surface area contributed by atoms with Crippen LogP contribution in [0.15, 0.2) is 45.5 Å². The standard InChI is InChI=1S/C14H15BrINO/c1-2-7-17-14(13-4-3-8-18-13)11-9-10(15)5-6-12(11)16/h3-6,8-9,14,17H,2,7H2,1H3. The molecule has 0 aliphatic carbocycles. The van der Waals surface area contributed by atoms with Crippen molar-refractivity contribution in [1.82, 2.24) is 5.32 Å². The van der Waals surface area contributed by atoms with Crippen LogP contribution in [0.3, 0.4) is 0 Å². The summed E-state index contributed by atoms with van der Waals surface area (Å²) >= 11 is 5.90. The predicted molar refractivity (Wildman–Crippen MR) is 85.7 cm³/mol. The van der Waals surface area contributed by atoms with Crippen LogP contribution in [0.25, 0.3) is 0 Å². The average molecular weight is 420 g/mol. The van der Waals surface area contributed by atoms with E-state index in [-0.39, 0.29) is 6.04 Å². The first-order chi connectivity index (χ1) is 8.72. The molecular formula is C14H15BrINO. The van der Waals surface area contributed by atoms with E-state index in [1.807, 2.05) is 12.1 Å². The molecule has 2 nitrogen and oxygen atoms in total. The Morgan fingerprint density at radius 3 is 2.89 bits per heavy atom. The lowest BCUT2D eigenvalue weighted by molar-refractivity contribution is 0.446. The van der Waals surface area contributed by atoms with Gasteiger partial charge in [0.25, 0.3) is 0 Å². The Morgan fingerprint density at radius 2 is 2.22 bits per heavy atom. The fourth-order valence-corrected chi connectivity index (χ4v) is 2.87. The molecule has 0 radical (unpaired) electrons. The van der Waals surface area contributed by atoms with E-state index in [0.717, 1.165) is 23.2 Å². The third-order valence-electron chi connectivity index (χ3n) is 2.70. The van der Waals surface area contributed by atoms with Gasteiger partial charge in [-0.15, -0.1) is 0 Å². The van der Waals surface area contributed by atoms with Crippen molar-refractivity contribution in [3.8, 4) is 0 Å². The molecule has 2 rings (SSSR count). The normalized spacial score (nSPS) is 12.6. The summed E-state index contributed by atoms with van der Waals surface area (Å²) in [6.45, 7) is 3.13. The summed E-state index contributed by atoms with van der Waals surface area (Å²) < 4.78 is 7.89. The van der Waals surface area contributed by atoms with Crippen LogP contribution in [0.5, 0.6) is 0 Å². The molecule has 0 spiro atoms. The topological polar surface area (TPSA) is 25.2 Å². The van der Waals surface area contributed by atoms with Gasteiger partial charge in [-0.25, -0.2) is 0 Å². The van der Waals surface area contributed by atoms with E-state index in [1.54, 1.807) is 6.26 Å². The fourth-order valence-electron chi connectivity index (χ4n) is 1.84. The molecule has 1 unspecified atom stereocenters. The summed E-state index contributed by atoms with van der Waals surface area (Å²) in [4.78, 5) is 0. The van der Waals surface area contributed by atoms with Crippen molar-refractivity contribution in [2.75, 3.05) is 6.54 Å². The molecule has 0 saturated heterocycles. The molecule has 0 bridgehead atoms. The molecule has 96 valence electrons. The molecule has 4 heteroatoms. The average Bonchev–Trinajstić information content (AvgIpc) is 2.88. The van der Waals surface area contributed by atoms with Crippen molar-refractivity contribution < 1.29 is 4.42 Å². The zero-order valence-electron chi connectivity index (χ0n) is 10.1. The van der Waals surface area contributed by atoms with Crippen LogP contribution < -0.4 is 5.32 Å². The van der Waals surface area contributed by atoms with Gasteiger partial charge in [0.05, 0.1) is 12.3 Å². The molecule has 0 amide bonds. The molecular weight excluding hydrogens is 405 g/mol. The van der Waals surface area contributed by atoms with Crippen LogP contribution in [0.1, 0.15) is 30.7 Å². The summed E-state index contributed by atoms with van der Waals surface area (Å²) in [5, 5.41) is 3.54. The monoisotopic (exact) mass is 419 g/mol. The quantitative estimate of drug-likeness (QED) is 0.708. The largest absolute Gasteiger partial charge is 0.467 e. The lowest BCUT2D eigenvalue weighted by atomic mass is 10.0. The van der Waals surface area contributed by atoms with E-state index >= 15 is 0 Å². The number of hydrogen-bond donors (Lipinski definition) is 1. The third kappa shape index (κ3) is 3.36. The zero-order valence-corrected chi connectivity index (χ0v) is 13.9. The first-order valence-corrected chi connectivity index (χ1v) is 7.81. The summed E-state index contributed by atoms with van der Waals surface area (Å²) in [5.41, 5.74) is 1.24. The second kappa shape index (κ2) is 6.73. The molecule has 1 atom stereocenters. The smallest absolute Gasteiger partial charge is 0.125 e. The lowest BCUT2D eigenvalue weighted by Gasteiger charge is -2.18. The van der Waals surface area contributed by atoms with Crippen molar-refractivity contribution >= 4 is 38.5 Å².